The molecule has 2 rings (SSSR count). The van der Waals surface area contributed by atoms with E-state index in [9.17, 15) is 14.7 Å². The van der Waals surface area contributed by atoms with Gasteiger partial charge in [-0.05, 0) is 25.0 Å². The van der Waals surface area contributed by atoms with Crippen LogP contribution in [0.4, 0.5) is 4.79 Å². The van der Waals surface area contributed by atoms with Gasteiger partial charge in [0, 0.05) is 12.7 Å². The molecule has 2 amide bonds. The first kappa shape index (κ1) is 15.2. The lowest BCUT2D eigenvalue weighted by molar-refractivity contribution is -0.150. The van der Waals surface area contributed by atoms with Gasteiger partial charge >= 0.3 is 12.0 Å². The van der Waals surface area contributed by atoms with Gasteiger partial charge in [-0.25, -0.2) is 4.79 Å². The molecule has 3 N–H and O–H groups in total. The summed E-state index contributed by atoms with van der Waals surface area (Å²) in [5, 5.41) is 22.3. The van der Waals surface area contributed by atoms with Crippen molar-refractivity contribution >= 4 is 12.0 Å². The second kappa shape index (κ2) is 7.01. The number of hydrogen-bond donors (Lipinski definition) is 3. The van der Waals surface area contributed by atoms with Gasteiger partial charge in [0.2, 0.25) is 0 Å². The van der Waals surface area contributed by atoms with Crippen LogP contribution in [0.1, 0.15) is 37.8 Å². The fraction of sp³-hybridized carbons (Fsp3) is 0.571. The van der Waals surface area contributed by atoms with E-state index in [-0.39, 0.29) is 19.1 Å². The van der Waals surface area contributed by atoms with Crippen molar-refractivity contribution < 1.29 is 14.7 Å². The van der Waals surface area contributed by atoms with Gasteiger partial charge in [-0.1, -0.05) is 19.3 Å². The molecule has 0 aromatic carbocycles. The number of carbonyl (C=O) groups is 2. The number of urea groups is 1. The SMILES string of the molecule is O=C(NCc1cccnn1)NCC1(C(=O)O)CCCCC1. The van der Waals surface area contributed by atoms with E-state index in [0.29, 0.717) is 18.5 Å². The summed E-state index contributed by atoms with van der Waals surface area (Å²) in [5.74, 6) is -0.823. The van der Waals surface area contributed by atoms with E-state index >= 15 is 0 Å². The Balaban J connectivity index is 1.80. The quantitative estimate of drug-likeness (QED) is 0.759. The number of aliphatic carboxylic acids is 1. The topological polar surface area (TPSA) is 104 Å². The lowest BCUT2D eigenvalue weighted by atomic mass is 9.74. The number of nitrogens with zero attached hydrogens (tertiary/aromatic N) is 2. The molecule has 1 aromatic rings. The van der Waals surface area contributed by atoms with Crippen molar-refractivity contribution in [2.45, 2.75) is 38.6 Å². The highest BCUT2D eigenvalue weighted by molar-refractivity contribution is 5.78. The summed E-state index contributed by atoms with van der Waals surface area (Å²) in [4.78, 5) is 23.2. The summed E-state index contributed by atoms with van der Waals surface area (Å²) in [6, 6.07) is 3.11. The van der Waals surface area contributed by atoms with Crippen molar-refractivity contribution in [3.8, 4) is 0 Å². The van der Waals surface area contributed by atoms with Gasteiger partial charge in [0.25, 0.3) is 0 Å². The monoisotopic (exact) mass is 292 g/mol. The van der Waals surface area contributed by atoms with Gasteiger partial charge in [-0.2, -0.15) is 10.2 Å². The molecule has 0 radical (unpaired) electrons. The largest absolute Gasteiger partial charge is 0.481 e. The van der Waals surface area contributed by atoms with E-state index < -0.39 is 11.4 Å². The van der Waals surface area contributed by atoms with E-state index in [4.69, 9.17) is 0 Å². The van der Waals surface area contributed by atoms with Gasteiger partial charge in [0.05, 0.1) is 17.7 Å². The standard InChI is InChI=1S/C14H20N4O3/c19-12(20)14(6-2-1-3-7-14)10-16-13(21)15-9-11-5-4-8-17-18-11/h4-5,8H,1-3,6-7,9-10H2,(H,19,20)(H2,15,16,21). The smallest absolute Gasteiger partial charge is 0.315 e. The van der Waals surface area contributed by atoms with Crippen LogP contribution in [0.25, 0.3) is 0 Å². The van der Waals surface area contributed by atoms with Crippen LogP contribution in [0.2, 0.25) is 0 Å². The molecule has 0 unspecified atom stereocenters. The lowest BCUT2D eigenvalue weighted by Crippen LogP contribution is -2.47. The van der Waals surface area contributed by atoms with Crippen molar-refractivity contribution in [1.29, 1.82) is 0 Å². The third-order valence-corrected chi connectivity index (χ3v) is 3.91. The fourth-order valence-electron chi connectivity index (χ4n) is 2.61. The Bertz CT molecular complexity index is 486. The molecule has 1 aliphatic rings. The molecule has 0 bridgehead atoms. The van der Waals surface area contributed by atoms with Crippen LogP contribution in [-0.4, -0.2) is 33.8 Å². The van der Waals surface area contributed by atoms with Crippen LogP contribution < -0.4 is 10.6 Å². The Labute approximate surface area is 123 Å². The van der Waals surface area contributed by atoms with Crippen LogP contribution in [0.3, 0.4) is 0 Å². The van der Waals surface area contributed by atoms with Crippen molar-refractivity contribution in [2.75, 3.05) is 6.54 Å². The number of amides is 2. The molecule has 1 fully saturated rings. The average molecular weight is 292 g/mol. The van der Waals surface area contributed by atoms with Crippen LogP contribution in [0.15, 0.2) is 18.3 Å². The summed E-state index contributed by atoms with van der Waals surface area (Å²) < 4.78 is 0. The summed E-state index contributed by atoms with van der Waals surface area (Å²) in [6.45, 7) is 0.425. The summed E-state index contributed by atoms with van der Waals surface area (Å²) >= 11 is 0. The summed E-state index contributed by atoms with van der Waals surface area (Å²) in [5.41, 5.74) is -0.166. The highest BCUT2D eigenvalue weighted by Gasteiger charge is 2.39. The molecule has 1 aliphatic carbocycles. The molecule has 114 valence electrons. The molecule has 0 saturated heterocycles. The van der Waals surface area contributed by atoms with Gasteiger partial charge in [-0.15, -0.1) is 0 Å². The summed E-state index contributed by atoms with van der Waals surface area (Å²) in [6.07, 6.45) is 5.65. The maximum absolute atomic E-state index is 11.8. The van der Waals surface area contributed by atoms with Crippen molar-refractivity contribution in [2.24, 2.45) is 5.41 Å². The van der Waals surface area contributed by atoms with Crippen molar-refractivity contribution in [3.05, 3.63) is 24.0 Å². The summed E-state index contributed by atoms with van der Waals surface area (Å²) in [7, 11) is 0. The third-order valence-electron chi connectivity index (χ3n) is 3.91. The number of carbonyl (C=O) groups excluding carboxylic acids is 1. The van der Waals surface area contributed by atoms with E-state index in [0.717, 1.165) is 19.3 Å². The molecular formula is C14H20N4O3. The minimum atomic E-state index is -0.823. The van der Waals surface area contributed by atoms with E-state index in [1.165, 1.54) is 0 Å². The third kappa shape index (κ3) is 4.14. The van der Waals surface area contributed by atoms with Crippen LogP contribution in [0.5, 0.6) is 0 Å². The van der Waals surface area contributed by atoms with Gasteiger partial charge in [0.15, 0.2) is 0 Å². The zero-order chi connectivity index (χ0) is 15.1. The van der Waals surface area contributed by atoms with E-state index in [1.807, 2.05) is 0 Å². The maximum atomic E-state index is 11.8. The number of carboxylic acids is 1. The van der Waals surface area contributed by atoms with Crippen molar-refractivity contribution in [3.63, 3.8) is 0 Å². The number of aromatic nitrogens is 2. The zero-order valence-electron chi connectivity index (χ0n) is 11.8. The number of nitrogens with one attached hydrogen (secondary N) is 2. The van der Waals surface area contributed by atoms with Crippen molar-refractivity contribution in [1.82, 2.24) is 20.8 Å². The Hall–Kier alpha value is -2.18. The van der Waals surface area contributed by atoms with Gasteiger partial charge < -0.3 is 15.7 Å². The Morgan fingerprint density at radius 3 is 2.62 bits per heavy atom. The average Bonchev–Trinajstić information content (AvgIpc) is 2.52. The first-order valence-corrected chi connectivity index (χ1v) is 7.14. The predicted octanol–water partition coefficient (Wildman–Crippen LogP) is 1.31. The lowest BCUT2D eigenvalue weighted by Gasteiger charge is -2.33. The van der Waals surface area contributed by atoms with Gasteiger partial charge in [-0.3, -0.25) is 4.79 Å². The molecule has 0 spiro atoms. The fourth-order valence-corrected chi connectivity index (χ4v) is 2.61. The molecule has 7 nitrogen and oxygen atoms in total. The molecule has 1 heterocycles. The molecule has 7 heteroatoms. The Morgan fingerprint density at radius 1 is 1.24 bits per heavy atom. The molecule has 0 aliphatic heterocycles. The zero-order valence-corrected chi connectivity index (χ0v) is 11.8. The van der Waals surface area contributed by atoms with E-state index in [2.05, 4.69) is 20.8 Å². The first-order chi connectivity index (χ1) is 10.1. The Morgan fingerprint density at radius 2 is 2.00 bits per heavy atom. The molecule has 1 aromatic heterocycles. The highest BCUT2D eigenvalue weighted by Crippen LogP contribution is 2.35. The number of hydrogen-bond acceptors (Lipinski definition) is 4. The molecule has 21 heavy (non-hydrogen) atoms. The first-order valence-electron chi connectivity index (χ1n) is 7.14. The minimum absolute atomic E-state index is 0.161. The number of carboxylic acid groups (broad SMARTS) is 1. The normalized spacial score (nSPS) is 17.0. The molecule has 0 atom stereocenters. The predicted molar refractivity (Wildman–Crippen MR) is 75.4 cm³/mol. The van der Waals surface area contributed by atoms with Crippen LogP contribution in [0, 0.1) is 5.41 Å². The molecule has 1 saturated carbocycles. The van der Waals surface area contributed by atoms with Gasteiger partial charge in [0.1, 0.15) is 0 Å². The highest BCUT2D eigenvalue weighted by atomic mass is 16.4. The number of rotatable bonds is 5. The maximum Gasteiger partial charge on any atom is 0.315 e. The second-order valence-corrected chi connectivity index (χ2v) is 5.40. The second-order valence-electron chi connectivity index (χ2n) is 5.40. The van der Waals surface area contributed by atoms with E-state index in [1.54, 1.807) is 18.3 Å². The minimum Gasteiger partial charge on any atom is -0.481 e. The van der Waals surface area contributed by atoms with Crippen LogP contribution in [-0.2, 0) is 11.3 Å². The Kier molecular flexibility index (Phi) is 5.08. The van der Waals surface area contributed by atoms with Crippen LogP contribution >= 0.6 is 0 Å². The molecular weight excluding hydrogens is 272 g/mol.